The Labute approximate surface area is 163 Å². The van der Waals surface area contributed by atoms with Crippen LogP contribution >= 0.6 is 0 Å². The smallest absolute Gasteiger partial charge is 0.254 e. The first kappa shape index (κ1) is 20.3. The summed E-state index contributed by atoms with van der Waals surface area (Å²) >= 11 is 0. The molecule has 1 amide bonds. The van der Waals surface area contributed by atoms with Gasteiger partial charge in [0.1, 0.15) is 0 Å². The monoisotopic (exact) mass is 392 g/mol. The maximum Gasteiger partial charge on any atom is 0.254 e. The Morgan fingerprint density at radius 3 is 1.85 bits per heavy atom. The van der Waals surface area contributed by atoms with Crippen LogP contribution < -0.4 is 0 Å². The molecular formula is C21H32N2O3S. The van der Waals surface area contributed by atoms with Gasteiger partial charge < -0.3 is 4.90 Å². The Hall–Kier alpha value is -1.40. The number of carbonyl (C=O) groups is 1. The second-order valence-electron chi connectivity index (χ2n) is 8.29. The van der Waals surface area contributed by atoms with E-state index in [-0.39, 0.29) is 10.8 Å². The molecule has 27 heavy (non-hydrogen) atoms. The van der Waals surface area contributed by atoms with Gasteiger partial charge in [0.2, 0.25) is 10.0 Å². The maximum atomic E-state index is 13.5. The maximum absolute atomic E-state index is 13.5. The third-order valence-electron chi connectivity index (χ3n) is 6.30. The number of benzene rings is 1. The molecule has 1 aromatic carbocycles. The van der Waals surface area contributed by atoms with Gasteiger partial charge in [-0.3, -0.25) is 4.79 Å². The SMILES string of the molecule is Cc1cc(C(=O)N(C2CCCC2)C2CCCC2)cc(S(=O)(=O)N(C)C)c1C. The fraction of sp³-hybridized carbons (Fsp3) is 0.667. The minimum absolute atomic E-state index is 0.00658. The molecule has 3 rings (SSSR count). The Morgan fingerprint density at radius 2 is 1.41 bits per heavy atom. The van der Waals surface area contributed by atoms with E-state index in [9.17, 15) is 13.2 Å². The van der Waals surface area contributed by atoms with E-state index >= 15 is 0 Å². The van der Waals surface area contributed by atoms with Crippen LogP contribution in [0.2, 0.25) is 0 Å². The van der Waals surface area contributed by atoms with Crippen molar-refractivity contribution in [3.63, 3.8) is 0 Å². The molecule has 5 nitrogen and oxygen atoms in total. The average molecular weight is 393 g/mol. The lowest BCUT2D eigenvalue weighted by Crippen LogP contribution is -2.45. The molecule has 0 spiro atoms. The zero-order valence-electron chi connectivity index (χ0n) is 17.0. The van der Waals surface area contributed by atoms with Crippen LogP contribution in [0.15, 0.2) is 17.0 Å². The number of rotatable bonds is 5. The summed E-state index contributed by atoms with van der Waals surface area (Å²) in [5.41, 5.74) is 2.07. The van der Waals surface area contributed by atoms with Gasteiger partial charge >= 0.3 is 0 Å². The molecule has 0 aliphatic heterocycles. The lowest BCUT2D eigenvalue weighted by molar-refractivity contribution is 0.0580. The molecule has 2 saturated carbocycles. The molecule has 2 aliphatic carbocycles. The summed E-state index contributed by atoms with van der Waals surface area (Å²) in [4.78, 5) is 15.9. The predicted octanol–water partition coefficient (Wildman–Crippen LogP) is 3.88. The van der Waals surface area contributed by atoms with E-state index in [2.05, 4.69) is 4.90 Å². The summed E-state index contributed by atoms with van der Waals surface area (Å²) in [6.45, 7) is 3.70. The van der Waals surface area contributed by atoms with E-state index in [1.165, 1.54) is 44.1 Å². The van der Waals surface area contributed by atoms with Gasteiger partial charge in [0.05, 0.1) is 4.90 Å². The van der Waals surface area contributed by atoms with Crippen LogP contribution in [0.4, 0.5) is 0 Å². The molecule has 2 aliphatic rings. The Kier molecular flexibility index (Phi) is 5.96. The molecule has 0 radical (unpaired) electrons. The second-order valence-corrected chi connectivity index (χ2v) is 10.4. The molecular weight excluding hydrogens is 360 g/mol. The van der Waals surface area contributed by atoms with Gasteiger partial charge in [-0.05, 0) is 62.8 Å². The Bertz CT molecular complexity index is 789. The highest BCUT2D eigenvalue weighted by molar-refractivity contribution is 7.89. The predicted molar refractivity (Wildman–Crippen MR) is 107 cm³/mol. The van der Waals surface area contributed by atoms with Crippen molar-refractivity contribution in [1.82, 2.24) is 9.21 Å². The minimum Gasteiger partial charge on any atom is -0.333 e. The number of aryl methyl sites for hydroxylation is 1. The molecule has 0 atom stereocenters. The zero-order valence-corrected chi connectivity index (χ0v) is 17.8. The van der Waals surface area contributed by atoms with E-state index in [1.54, 1.807) is 6.07 Å². The second kappa shape index (κ2) is 7.92. The lowest BCUT2D eigenvalue weighted by atomic mass is 10.0. The van der Waals surface area contributed by atoms with Crippen molar-refractivity contribution in [2.45, 2.75) is 82.2 Å². The van der Waals surface area contributed by atoms with Crippen LogP contribution in [0.1, 0.15) is 72.9 Å². The molecule has 150 valence electrons. The zero-order chi connectivity index (χ0) is 19.8. The summed E-state index contributed by atoms with van der Waals surface area (Å²) in [6.07, 6.45) is 8.96. The fourth-order valence-electron chi connectivity index (χ4n) is 4.56. The van der Waals surface area contributed by atoms with Crippen molar-refractivity contribution >= 4 is 15.9 Å². The van der Waals surface area contributed by atoms with Crippen LogP contribution in [-0.2, 0) is 10.0 Å². The van der Waals surface area contributed by atoms with Crippen LogP contribution in [0, 0.1) is 13.8 Å². The standard InChI is InChI=1S/C21H32N2O3S/c1-15-13-17(14-20(16(15)2)27(25,26)22(3)4)21(24)23(18-9-5-6-10-18)19-11-7-8-12-19/h13-14,18-19H,5-12H2,1-4H3. The number of hydrogen-bond acceptors (Lipinski definition) is 3. The lowest BCUT2D eigenvalue weighted by Gasteiger charge is -2.35. The Balaban J connectivity index is 2.03. The van der Waals surface area contributed by atoms with Gasteiger partial charge in [-0.1, -0.05) is 25.7 Å². The topological polar surface area (TPSA) is 57.7 Å². The number of amides is 1. The summed E-state index contributed by atoms with van der Waals surface area (Å²) in [6, 6.07) is 4.06. The largest absolute Gasteiger partial charge is 0.333 e. The summed E-state index contributed by atoms with van der Waals surface area (Å²) in [5.74, 6) is 0.00658. The van der Waals surface area contributed by atoms with E-state index in [0.717, 1.165) is 31.2 Å². The van der Waals surface area contributed by atoms with Crippen molar-refractivity contribution < 1.29 is 13.2 Å². The highest BCUT2D eigenvalue weighted by Gasteiger charge is 2.35. The molecule has 0 bridgehead atoms. The first-order chi connectivity index (χ1) is 12.7. The van der Waals surface area contributed by atoms with Crippen LogP contribution in [0.3, 0.4) is 0 Å². The summed E-state index contributed by atoms with van der Waals surface area (Å²) in [5, 5.41) is 0. The Morgan fingerprint density at radius 1 is 0.926 bits per heavy atom. The molecule has 0 unspecified atom stereocenters. The molecule has 2 fully saturated rings. The first-order valence-corrected chi connectivity index (χ1v) is 11.5. The molecule has 0 heterocycles. The highest BCUT2D eigenvalue weighted by Crippen LogP contribution is 2.34. The average Bonchev–Trinajstić information content (AvgIpc) is 3.31. The van der Waals surface area contributed by atoms with Crippen LogP contribution in [0.5, 0.6) is 0 Å². The fourth-order valence-corrected chi connectivity index (χ4v) is 5.78. The number of hydrogen-bond donors (Lipinski definition) is 0. The van der Waals surface area contributed by atoms with Crippen molar-refractivity contribution in [3.8, 4) is 0 Å². The first-order valence-electron chi connectivity index (χ1n) is 10.1. The van der Waals surface area contributed by atoms with Crippen molar-refractivity contribution in [2.75, 3.05) is 14.1 Å². The molecule has 6 heteroatoms. The van der Waals surface area contributed by atoms with Gasteiger partial charge in [-0.15, -0.1) is 0 Å². The molecule has 1 aromatic rings. The van der Waals surface area contributed by atoms with Crippen LogP contribution in [0.25, 0.3) is 0 Å². The van der Waals surface area contributed by atoms with Gasteiger partial charge in [-0.25, -0.2) is 12.7 Å². The molecule has 0 aromatic heterocycles. The van der Waals surface area contributed by atoms with Crippen LogP contribution in [-0.4, -0.2) is 49.7 Å². The molecule has 0 N–H and O–H groups in total. The van der Waals surface area contributed by atoms with E-state index in [0.29, 0.717) is 23.2 Å². The third kappa shape index (κ3) is 3.92. The van der Waals surface area contributed by atoms with Gasteiger partial charge in [0.15, 0.2) is 0 Å². The van der Waals surface area contributed by atoms with Gasteiger partial charge in [0, 0.05) is 31.7 Å². The van der Waals surface area contributed by atoms with Gasteiger partial charge in [0.25, 0.3) is 5.91 Å². The van der Waals surface area contributed by atoms with E-state index < -0.39 is 10.0 Å². The summed E-state index contributed by atoms with van der Waals surface area (Å²) < 4.78 is 26.7. The number of nitrogens with zero attached hydrogens (tertiary/aromatic N) is 2. The van der Waals surface area contributed by atoms with E-state index in [1.807, 2.05) is 19.9 Å². The van der Waals surface area contributed by atoms with Crippen molar-refractivity contribution in [2.24, 2.45) is 0 Å². The third-order valence-corrected chi connectivity index (χ3v) is 8.24. The van der Waals surface area contributed by atoms with Crippen molar-refractivity contribution in [1.29, 1.82) is 0 Å². The quantitative estimate of drug-likeness (QED) is 0.764. The normalized spacial score (nSPS) is 19.1. The van der Waals surface area contributed by atoms with Crippen molar-refractivity contribution in [3.05, 3.63) is 28.8 Å². The van der Waals surface area contributed by atoms with E-state index in [4.69, 9.17) is 0 Å². The number of carbonyl (C=O) groups excluding carboxylic acids is 1. The minimum atomic E-state index is -3.59. The summed E-state index contributed by atoms with van der Waals surface area (Å²) in [7, 11) is -0.528. The number of sulfonamides is 1. The van der Waals surface area contributed by atoms with Gasteiger partial charge in [-0.2, -0.15) is 0 Å². The molecule has 0 saturated heterocycles. The highest BCUT2D eigenvalue weighted by atomic mass is 32.2.